The van der Waals surface area contributed by atoms with Gasteiger partial charge >= 0.3 is 0 Å². The molecule has 25 heavy (non-hydrogen) atoms. The average molecular weight is 343 g/mol. The quantitative estimate of drug-likeness (QED) is 0.825. The van der Waals surface area contributed by atoms with Crippen molar-refractivity contribution in [2.24, 2.45) is 0 Å². The van der Waals surface area contributed by atoms with Gasteiger partial charge in [0.05, 0.1) is 26.2 Å². The number of hydrogen-bond acceptors (Lipinski definition) is 5. The van der Waals surface area contributed by atoms with Crippen LogP contribution in [0.4, 0.5) is 0 Å². The number of aromatic nitrogens is 2. The first-order chi connectivity index (χ1) is 12.1. The van der Waals surface area contributed by atoms with E-state index in [0.29, 0.717) is 36.1 Å². The van der Waals surface area contributed by atoms with Crippen molar-refractivity contribution in [3.63, 3.8) is 0 Å². The summed E-state index contributed by atoms with van der Waals surface area (Å²) in [7, 11) is 3.06. The molecule has 0 bridgehead atoms. The smallest absolute Gasteiger partial charge is 0.253 e. The van der Waals surface area contributed by atoms with Crippen molar-refractivity contribution in [3.05, 3.63) is 52.2 Å². The van der Waals surface area contributed by atoms with Crippen LogP contribution >= 0.6 is 0 Å². The Morgan fingerprint density at radius 3 is 2.64 bits per heavy atom. The maximum atomic E-state index is 12.2. The second kappa shape index (κ2) is 7.38. The zero-order valence-corrected chi connectivity index (χ0v) is 14.3. The van der Waals surface area contributed by atoms with Gasteiger partial charge in [-0.2, -0.15) is 0 Å². The molecule has 0 aliphatic heterocycles. The Morgan fingerprint density at radius 2 is 2.00 bits per heavy atom. The molecule has 2 aromatic rings. The number of ether oxygens (including phenoxy) is 2. The number of rotatable bonds is 7. The highest BCUT2D eigenvalue weighted by Crippen LogP contribution is 2.38. The van der Waals surface area contributed by atoms with Crippen molar-refractivity contribution in [3.8, 4) is 11.5 Å². The molecule has 1 aliphatic rings. The highest BCUT2D eigenvalue weighted by atomic mass is 16.5. The van der Waals surface area contributed by atoms with Crippen molar-refractivity contribution < 1.29 is 14.3 Å². The van der Waals surface area contributed by atoms with E-state index in [1.165, 1.54) is 18.8 Å². The minimum Gasteiger partial charge on any atom is -0.493 e. The van der Waals surface area contributed by atoms with Crippen LogP contribution < -0.4 is 20.3 Å². The molecule has 0 spiro atoms. The summed E-state index contributed by atoms with van der Waals surface area (Å²) in [6.45, 7) is 0.702. The molecule has 0 unspecified atom stereocenters. The van der Waals surface area contributed by atoms with Crippen LogP contribution in [0.25, 0.3) is 0 Å². The highest BCUT2D eigenvalue weighted by molar-refractivity contribution is 5.94. The van der Waals surface area contributed by atoms with Gasteiger partial charge in [0.1, 0.15) is 0 Å². The van der Waals surface area contributed by atoms with E-state index >= 15 is 0 Å². The van der Waals surface area contributed by atoms with Gasteiger partial charge in [-0.3, -0.25) is 14.2 Å². The molecule has 132 valence electrons. The highest BCUT2D eigenvalue weighted by Gasteiger charge is 2.25. The van der Waals surface area contributed by atoms with Gasteiger partial charge in [0.15, 0.2) is 11.5 Å². The van der Waals surface area contributed by atoms with Gasteiger partial charge in [-0.05, 0) is 31.0 Å². The average Bonchev–Trinajstić information content (AvgIpc) is 3.47. The van der Waals surface area contributed by atoms with E-state index in [1.807, 2.05) is 0 Å². The molecule has 3 rings (SSSR count). The van der Waals surface area contributed by atoms with Gasteiger partial charge in [-0.15, -0.1) is 0 Å². The number of hydrogen-bond donors (Lipinski definition) is 1. The van der Waals surface area contributed by atoms with Gasteiger partial charge in [0.2, 0.25) is 0 Å². The first-order valence-corrected chi connectivity index (χ1v) is 8.19. The minimum absolute atomic E-state index is 0.0859. The summed E-state index contributed by atoms with van der Waals surface area (Å²) in [4.78, 5) is 28.6. The molecule has 1 aliphatic carbocycles. The van der Waals surface area contributed by atoms with Crippen LogP contribution in [-0.2, 0) is 6.54 Å². The Kier molecular flexibility index (Phi) is 5.02. The fourth-order valence-corrected chi connectivity index (χ4v) is 2.58. The zero-order chi connectivity index (χ0) is 17.8. The normalized spacial score (nSPS) is 13.4. The fourth-order valence-electron chi connectivity index (χ4n) is 2.58. The summed E-state index contributed by atoms with van der Waals surface area (Å²) < 4.78 is 11.8. The number of benzene rings is 1. The lowest BCUT2D eigenvalue weighted by atomic mass is 10.2. The first kappa shape index (κ1) is 17.0. The third-order valence-corrected chi connectivity index (χ3v) is 4.18. The largest absolute Gasteiger partial charge is 0.493 e. The Labute approximate surface area is 145 Å². The minimum atomic E-state index is -0.239. The molecule has 1 fully saturated rings. The zero-order valence-electron chi connectivity index (χ0n) is 14.3. The maximum absolute atomic E-state index is 12.2. The van der Waals surface area contributed by atoms with Gasteiger partial charge in [0.25, 0.3) is 11.5 Å². The third-order valence-electron chi connectivity index (χ3n) is 4.18. The SMILES string of the molecule is COc1ccc(C(=O)NCCn2cnc(C3CC3)cc2=O)cc1OC. The summed E-state index contributed by atoms with van der Waals surface area (Å²) >= 11 is 0. The summed E-state index contributed by atoms with van der Waals surface area (Å²) in [5, 5.41) is 2.79. The summed E-state index contributed by atoms with van der Waals surface area (Å²) in [6, 6.07) is 6.55. The topological polar surface area (TPSA) is 82.5 Å². The lowest BCUT2D eigenvalue weighted by Crippen LogP contribution is -2.31. The molecule has 0 saturated heterocycles. The van der Waals surface area contributed by atoms with E-state index in [4.69, 9.17) is 9.47 Å². The molecular formula is C18H21N3O4. The van der Waals surface area contributed by atoms with Crippen LogP contribution in [0.3, 0.4) is 0 Å². The molecule has 1 amide bonds. The Balaban J connectivity index is 1.58. The second-order valence-electron chi connectivity index (χ2n) is 5.95. The van der Waals surface area contributed by atoms with E-state index in [2.05, 4.69) is 10.3 Å². The van der Waals surface area contributed by atoms with E-state index in [-0.39, 0.29) is 11.5 Å². The van der Waals surface area contributed by atoms with Crippen molar-refractivity contribution >= 4 is 5.91 Å². The lowest BCUT2D eigenvalue weighted by Gasteiger charge is -2.10. The van der Waals surface area contributed by atoms with Crippen LogP contribution in [0, 0.1) is 0 Å². The summed E-state index contributed by atoms with van der Waals surface area (Å²) in [5.74, 6) is 1.27. The number of carbonyl (C=O) groups excluding carboxylic acids is 1. The Morgan fingerprint density at radius 1 is 1.24 bits per heavy atom. The number of carbonyl (C=O) groups is 1. The first-order valence-electron chi connectivity index (χ1n) is 8.19. The van der Waals surface area contributed by atoms with Crippen LogP contribution in [0.2, 0.25) is 0 Å². The van der Waals surface area contributed by atoms with E-state index in [1.54, 1.807) is 30.6 Å². The maximum Gasteiger partial charge on any atom is 0.253 e. The Hall–Kier alpha value is -2.83. The molecule has 1 heterocycles. The molecule has 1 aromatic heterocycles. The van der Waals surface area contributed by atoms with Gasteiger partial charge < -0.3 is 14.8 Å². The standard InChI is InChI=1S/C18H21N3O4/c1-24-15-6-5-13(9-16(15)25-2)18(23)19-7-8-21-11-20-14(10-17(21)22)12-3-4-12/h5-6,9-12H,3-4,7-8H2,1-2H3,(H,19,23). The van der Waals surface area contributed by atoms with Gasteiger partial charge in [0, 0.05) is 30.6 Å². The lowest BCUT2D eigenvalue weighted by molar-refractivity contribution is 0.0951. The molecular weight excluding hydrogens is 322 g/mol. The monoisotopic (exact) mass is 343 g/mol. The van der Waals surface area contributed by atoms with Crippen LogP contribution in [0.1, 0.15) is 34.8 Å². The van der Waals surface area contributed by atoms with Crippen molar-refractivity contribution in [2.75, 3.05) is 20.8 Å². The Bertz CT molecular complexity index is 827. The number of nitrogens with zero attached hydrogens (tertiary/aromatic N) is 2. The van der Waals surface area contributed by atoms with Crippen molar-refractivity contribution in [1.82, 2.24) is 14.9 Å². The second-order valence-corrected chi connectivity index (χ2v) is 5.95. The molecule has 0 atom stereocenters. The van der Waals surface area contributed by atoms with Crippen LogP contribution in [-0.4, -0.2) is 36.2 Å². The summed E-state index contributed by atoms with van der Waals surface area (Å²) in [5.41, 5.74) is 1.25. The van der Waals surface area contributed by atoms with Gasteiger partial charge in [-0.25, -0.2) is 4.98 Å². The molecule has 1 saturated carbocycles. The van der Waals surface area contributed by atoms with E-state index < -0.39 is 0 Å². The molecule has 1 N–H and O–H groups in total. The summed E-state index contributed by atoms with van der Waals surface area (Å²) in [6.07, 6.45) is 3.77. The molecule has 0 radical (unpaired) electrons. The predicted molar refractivity (Wildman–Crippen MR) is 92.4 cm³/mol. The van der Waals surface area contributed by atoms with E-state index in [9.17, 15) is 9.59 Å². The molecule has 1 aromatic carbocycles. The molecule has 7 nitrogen and oxygen atoms in total. The number of nitrogens with one attached hydrogen (secondary N) is 1. The fraction of sp³-hybridized carbons (Fsp3) is 0.389. The third kappa shape index (κ3) is 3.99. The van der Waals surface area contributed by atoms with Gasteiger partial charge in [-0.1, -0.05) is 0 Å². The van der Waals surface area contributed by atoms with Crippen LogP contribution in [0.5, 0.6) is 11.5 Å². The number of amides is 1. The predicted octanol–water partition coefficient (Wildman–Crippen LogP) is 1.57. The molecule has 7 heteroatoms. The van der Waals surface area contributed by atoms with Crippen molar-refractivity contribution in [1.29, 1.82) is 0 Å². The number of methoxy groups -OCH3 is 2. The van der Waals surface area contributed by atoms with Crippen molar-refractivity contribution in [2.45, 2.75) is 25.3 Å². The van der Waals surface area contributed by atoms with E-state index in [0.717, 1.165) is 18.5 Å². The van der Waals surface area contributed by atoms with Crippen LogP contribution in [0.15, 0.2) is 35.4 Å².